The second-order valence-electron chi connectivity index (χ2n) is 3.98. The van der Waals surface area contributed by atoms with Crippen LogP contribution in [-0.2, 0) is 4.74 Å². The van der Waals surface area contributed by atoms with E-state index >= 15 is 0 Å². The standard InChI is InChI=1S/C10H21NO/c1-9(7-11-2)6-10-4-3-5-12-8-10/h9-11H,3-8H2,1-2H3. The number of nitrogens with one attached hydrogen (secondary N) is 1. The molecule has 0 amide bonds. The highest BCUT2D eigenvalue weighted by Gasteiger charge is 2.16. The Labute approximate surface area is 75.7 Å². The molecule has 1 fully saturated rings. The highest BCUT2D eigenvalue weighted by atomic mass is 16.5. The summed E-state index contributed by atoms with van der Waals surface area (Å²) in [5.41, 5.74) is 0. The lowest BCUT2D eigenvalue weighted by atomic mass is 9.91. The molecule has 0 spiro atoms. The van der Waals surface area contributed by atoms with Crippen LogP contribution < -0.4 is 5.32 Å². The van der Waals surface area contributed by atoms with Crippen molar-refractivity contribution in [3.63, 3.8) is 0 Å². The number of hydrogen-bond donors (Lipinski definition) is 1. The van der Waals surface area contributed by atoms with E-state index < -0.39 is 0 Å². The number of hydrogen-bond acceptors (Lipinski definition) is 2. The van der Waals surface area contributed by atoms with Gasteiger partial charge in [0.25, 0.3) is 0 Å². The van der Waals surface area contributed by atoms with Gasteiger partial charge in [-0.2, -0.15) is 0 Å². The molecule has 0 bridgehead atoms. The monoisotopic (exact) mass is 171 g/mol. The fraction of sp³-hybridized carbons (Fsp3) is 1.00. The summed E-state index contributed by atoms with van der Waals surface area (Å²) in [7, 11) is 2.02. The van der Waals surface area contributed by atoms with Gasteiger partial charge in [0.05, 0.1) is 0 Å². The van der Waals surface area contributed by atoms with Gasteiger partial charge in [-0.05, 0) is 44.7 Å². The Kier molecular flexibility index (Phi) is 4.62. The van der Waals surface area contributed by atoms with Gasteiger partial charge in [0, 0.05) is 13.2 Å². The van der Waals surface area contributed by atoms with E-state index in [1.54, 1.807) is 0 Å². The summed E-state index contributed by atoms with van der Waals surface area (Å²) >= 11 is 0. The first-order chi connectivity index (χ1) is 5.83. The minimum atomic E-state index is 0.793. The van der Waals surface area contributed by atoms with E-state index in [4.69, 9.17) is 4.74 Å². The summed E-state index contributed by atoms with van der Waals surface area (Å²) in [6.07, 6.45) is 3.95. The normalized spacial score (nSPS) is 27.0. The molecule has 0 saturated carbocycles. The first-order valence-electron chi connectivity index (χ1n) is 5.05. The van der Waals surface area contributed by atoms with Crippen molar-refractivity contribution in [1.82, 2.24) is 5.32 Å². The fourth-order valence-electron chi connectivity index (χ4n) is 1.99. The van der Waals surface area contributed by atoms with Gasteiger partial charge < -0.3 is 10.1 Å². The van der Waals surface area contributed by atoms with Crippen molar-refractivity contribution in [2.45, 2.75) is 26.2 Å². The Morgan fingerprint density at radius 2 is 2.42 bits per heavy atom. The van der Waals surface area contributed by atoms with Crippen molar-refractivity contribution in [1.29, 1.82) is 0 Å². The lowest BCUT2D eigenvalue weighted by molar-refractivity contribution is 0.0462. The summed E-state index contributed by atoms with van der Waals surface area (Å²) in [5.74, 6) is 1.61. The van der Waals surface area contributed by atoms with Crippen LogP contribution in [0.15, 0.2) is 0 Å². The summed E-state index contributed by atoms with van der Waals surface area (Å²) in [4.78, 5) is 0. The van der Waals surface area contributed by atoms with Crippen molar-refractivity contribution < 1.29 is 4.74 Å². The summed E-state index contributed by atoms with van der Waals surface area (Å²) < 4.78 is 5.44. The van der Waals surface area contributed by atoms with E-state index in [1.807, 2.05) is 7.05 Å². The molecular formula is C10H21NO. The van der Waals surface area contributed by atoms with Crippen LogP contribution in [-0.4, -0.2) is 26.8 Å². The van der Waals surface area contributed by atoms with Gasteiger partial charge in [0.2, 0.25) is 0 Å². The predicted octanol–water partition coefficient (Wildman–Crippen LogP) is 1.66. The minimum absolute atomic E-state index is 0.793. The fourth-order valence-corrected chi connectivity index (χ4v) is 1.99. The van der Waals surface area contributed by atoms with E-state index in [0.717, 1.165) is 31.6 Å². The van der Waals surface area contributed by atoms with Crippen LogP contribution in [0, 0.1) is 11.8 Å². The van der Waals surface area contributed by atoms with Crippen LogP contribution in [0.25, 0.3) is 0 Å². The third-order valence-electron chi connectivity index (χ3n) is 2.54. The Balaban J connectivity index is 2.11. The lowest BCUT2D eigenvalue weighted by Crippen LogP contribution is -2.23. The Morgan fingerprint density at radius 1 is 1.58 bits per heavy atom. The van der Waals surface area contributed by atoms with Gasteiger partial charge in [-0.15, -0.1) is 0 Å². The molecule has 0 aromatic heterocycles. The Hall–Kier alpha value is -0.0800. The summed E-state index contributed by atoms with van der Waals surface area (Å²) in [5, 5.41) is 3.22. The molecule has 2 nitrogen and oxygen atoms in total. The van der Waals surface area contributed by atoms with Crippen LogP contribution in [0.2, 0.25) is 0 Å². The smallest absolute Gasteiger partial charge is 0.0494 e. The van der Waals surface area contributed by atoms with Crippen molar-refractivity contribution in [2.24, 2.45) is 11.8 Å². The average Bonchev–Trinajstić information content (AvgIpc) is 2.06. The second-order valence-corrected chi connectivity index (χ2v) is 3.98. The van der Waals surface area contributed by atoms with Crippen molar-refractivity contribution in [3.8, 4) is 0 Å². The Morgan fingerprint density at radius 3 is 3.00 bits per heavy atom. The molecule has 1 aliphatic rings. The topological polar surface area (TPSA) is 21.3 Å². The molecule has 1 heterocycles. The van der Waals surface area contributed by atoms with Gasteiger partial charge >= 0.3 is 0 Å². The largest absolute Gasteiger partial charge is 0.381 e. The maximum Gasteiger partial charge on any atom is 0.0494 e. The quantitative estimate of drug-likeness (QED) is 0.694. The van der Waals surface area contributed by atoms with Gasteiger partial charge in [-0.25, -0.2) is 0 Å². The van der Waals surface area contributed by atoms with Crippen LogP contribution in [0.3, 0.4) is 0 Å². The summed E-state index contributed by atoms with van der Waals surface area (Å²) in [6, 6.07) is 0. The zero-order chi connectivity index (χ0) is 8.81. The van der Waals surface area contributed by atoms with Gasteiger partial charge in [-0.3, -0.25) is 0 Å². The maximum absolute atomic E-state index is 5.44. The van der Waals surface area contributed by atoms with E-state index in [0.29, 0.717) is 0 Å². The van der Waals surface area contributed by atoms with E-state index in [9.17, 15) is 0 Å². The molecule has 0 aromatic rings. The van der Waals surface area contributed by atoms with E-state index in [-0.39, 0.29) is 0 Å². The average molecular weight is 171 g/mol. The zero-order valence-corrected chi connectivity index (χ0v) is 8.31. The molecule has 72 valence electrons. The van der Waals surface area contributed by atoms with Gasteiger partial charge in [0.15, 0.2) is 0 Å². The molecular weight excluding hydrogens is 150 g/mol. The van der Waals surface area contributed by atoms with Crippen LogP contribution in [0.5, 0.6) is 0 Å². The first-order valence-corrected chi connectivity index (χ1v) is 5.05. The first kappa shape index (κ1) is 10.0. The Bertz CT molecular complexity index is 110. The lowest BCUT2D eigenvalue weighted by Gasteiger charge is -2.24. The van der Waals surface area contributed by atoms with Crippen molar-refractivity contribution in [3.05, 3.63) is 0 Å². The molecule has 0 aromatic carbocycles. The third-order valence-corrected chi connectivity index (χ3v) is 2.54. The molecule has 2 unspecified atom stereocenters. The summed E-state index contributed by atoms with van der Waals surface area (Å²) in [6.45, 7) is 5.42. The second kappa shape index (κ2) is 5.55. The highest BCUT2D eigenvalue weighted by Crippen LogP contribution is 2.20. The molecule has 1 rings (SSSR count). The van der Waals surface area contributed by atoms with Crippen LogP contribution in [0.4, 0.5) is 0 Å². The van der Waals surface area contributed by atoms with E-state index in [2.05, 4.69) is 12.2 Å². The molecule has 1 aliphatic heterocycles. The molecule has 1 N–H and O–H groups in total. The molecule has 0 radical (unpaired) electrons. The molecule has 12 heavy (non-hydrogen) atoms. The minimum Gasteiger partial charge on any atom is -0.381 e. The molecule has 0 aliphatic carbocycles. The van der Waals surface area contributed by atoms with Crippen molar-refractivity contribution in [2.75, 3.05) is 26.8 Å². The van der Waals surface area contributed by atoms with Gasteiger partial charge in [-0.1, -0.05) is 6.92 Å². The SMILES string of the molecule is CNCC(C)CC1CCCOC1. The number of rotatable bonds is 4. The third kappa shape index (κ3) is 3.55. The zero-order valence-electron chi connectivity index (χ0n) is 8.31. The van der Waals surface area contributed by atoms with E-state index in [1.165, 1.54) is 19.3 Å². The molecule has 1 saturated heterocycles. The van der Waals surface area contributed by atoms with Crippen LogP contribution in [0.1, 0.15) is 26.2 Å². The van der Waals surface area contributed by atoms with Crippen molar-refractivity contribution >= 4 is 0 Å². The van der Waals surface area contributed by atoms with Gasteiger partial charge in [0.1, 0.15) is 0 Å². The predicted molar refractivity (Wildman–Crippen MR) is 51.3 cm³/mol. The molecule has 2 heteroatoms. The maximum atomic E-state index is 5.44. The van der Waals surface area contributed by atoms with Crippen LogP contribution >= 0.6 is 0 Å². The molecule has 2 atom stereocenters. The number of ether oxygens (including phenoxy) is 1. The highest BCUT2D eigenvalue weighted by molar-refractivity contribution is 4.67.